The Morgan fingerprint density at radius 1 is 1.15 bits per heavy atom. The first-order chi connectivity index (χ1) is 9.81. The van der Waals surface area contributed by atoms with Crippen molar-refractivity contribution in [2.24, 2.45) is 0 Å². The minimum Gasteiger partial charge on any atom is -0.380 e. The summed E-state index contributed by atoms with van der Waals surface area (Å²) in [7, 11) is 0. The van der Waals surface area contributed by atoms with Crippen LogP contribution in [-0.2, 0) is 16.0 Å². The highest BCUT2D eigenvalue weighted by Crippen LogP contribution is 2.22. The lowest BCUT2D eigenvalue weighted by Crippen LogP contribution is -2.31. The summed E-state index contributed by atoms with van der Waals surface area (Å²) in [6, 6.07) is 0. The smallest absolute Gasteiger partial charge is 0.185 e. The van der Waals surface area contributed by atoms with Crippen LogP contribution in [0.15, 0.2) is 6.20 Å². The van der Waals surface area contributed by atoms with E-state index in [9.17, 15) is 0 Å². The second kappa shape index (κ2) is 11.0. The Morgan fingerprint density at radius 3 is 2.35 bits per heavy atom. The maximum atomic E-state index is 5.45. The van der Waals surface area contributed by atoms with Gasteiger partial charge in [-0.05, 0) is 20.4 Å². The summed E-state index contributed by atoms with van der Waals surface area (Å²) in [5.41, 5.74) is 0. The van der Waals surface area contributed by atoms with Crippen molar-refractivity contribution in [1.82, 2.24) is 10.3 Å². The van der Waals surface area contributed by atoms with Crippen LogP contribution >= 0.6 is 11.3 Å². The number of hydrogen-bond acceptors (Lipinski definition) is 6. The quantitative estimate of drug-likeness (QED) is 0.599. The molecule has 0 radical (unpaired) electrons. The van der Waals surface area contributed by atoms with Crippen molar-refractivity contribution in [3.05, 3.63) is 11.1 Å². The summed E-state index contributed by atoms with van der Waals surface area (Å²) < 4.78 is 10.9. The Hall–Kier alpha value is -0.690. The molecule has 1 rings (SSSR count). The molecule has 0 fully saturated rings. The van der Waals surface area contributed by atoms with Crippen LogP contribution in [0.2, 0.25) is 0 Å². The van der Waals surface area contributed by atoms with Crippen LogP contribution in [-0.4, -0.2) is 51.0 Å². The molecule has 0 aliphatic rings. The van der Waals surface area contributed by atoms with E-state index in [0.717, 1.165) is 57.7 Å². The number of nitrogens with one attached hydrogen (secondary N) is 1. The van der Waals surface area contributed by atoms with Crippen molar-refractivity contribution < 1.29 is 9.47 Å². The highest BCUT2D eigenvalue weighted by atomic mass is 32.1. The fourth-order valence-corrected chi connectivity index (χ4v) is 2.65. The first-order valence-corrected chi connectivity index (χ1v) is 8.19. The Labute approximate surface area is 126 Å². The van der Waals surface area contributed by atoms with E-state index >= 15 is 0 Å². The molecule has 0 saturated carbocycles. The van der Waals surface area contributed by atoms with E-state index in [-0.39, 0.29) is 0 Å². The van der Waals surface area contributed by atoms with Gasteiger partial charge in [-0.1, -0.05) is 6.92 Å². The van der Waals surface area contributed by atoms with E-state index in [2.05, 4.69) is 22.1 Å². The Kier molecular flexibility index (Phi) is 9.57. The molecule has 0 atom stereocenters. The fraction of sp³-hybridized carbons (Fsp3) is 0.786. The van der Waals surface area contributed by atoms with E-state index in [1.54, 1.807) is 11.3 Å². The molecule has 1 heterocycles. The monoisotopic (exact) mass is 301 g/mol. The molecule has 0 aromatic carbocycles. The largest absolute Gasteiger partial charge is 0.380 e. The number of ether oxygens (including phenoxy) is 2. The summed E-state index contributed by atoms with van der Waals surface area (Å²) >= 11 is 1.74. The van der Waals surface area contributed by atoms with E-state index < -0.39 is 0 Å². The van der Waals surface area contributed by atoms with Crippen molar-refractivity contribution in [2.75, 3.05) is 51.0 Å². The van der Waals surface area contributed by atoms with Crippen molar-refractivity contribution in [1.29, 1.82) is 0 Å². The van der Waals surface area contributed by atoms with Crippen LogP contribution in [0, 0.1) is 0 Å². The topological polar surface area (TPSA) is 46.6 Å². The minimum atomic E-state index is 0.727. The van der Waals surface area contributed by atoms with E-state index in [0.29, 0.717) is 0 Å². The van der Waals surface area contributed by atoms with E-state index in [1.165, 1.54) is 4.88 Å². The Bertz CT molecular complexity index is 337. The van der Waals surface area contributed by atoms with E-state index in [4.69, 9.17) is 9.47 Å². The van der Waals surface area contributed by atoms with Crippen LogP contribution in [0.1, 0.15) is 25.6 Å². The van der Waals surface area contributed by atoms with Crippen LogP contribution in [0.5, 0.6) is 0 Å². The molecule has 20 heavy (non-hydrogen) atoms. The lowest BCUT2D eigenvalue weighted by atomic mass is 10.5. The zero-order valence-electron chi connectivity index (χ0n) is 12.9. The molecule has 1 N–H and O–H groups in total. The predicted octanol–water partition coefficient (Wildman–Crippen LogP) is 2.13. The first kappa shape index (κ1) is 17.4. The van der Waals surface area contributed by atoms with Gasteiger partial charge in [0.25, 0.3) is 0 Å². The van der Waals surface area contributed by atoms with Gasteiger partial charge in [-0.3, -0.25) is 0 Å². The number of anilines is 1. The van der Waals surface area contributed by atoms with Gasteiger partial charge in [-0.2, -0.15) is 0 Å². The Morgan fingerprint density at radius 2 is 1.80 bits per heavy atom. The second-order valence-electron chi connectivity index (χ2n) is 4.27. The molecule has 0 saturated heterocycles. The molecule has 116 valence electrons. The maximum absolute atomic E-state index is 5.45. The average molecular weight is 301 g/mol. The number of hydrogen-bond donors (Lipinski definition) is 1. The lowest BCUT2D eigenvalue weighted by Gasteiger charge is -2.21. The third-order valence-corrected chi connectivity index (χ3v) is 3.84. The molecule has 5 nitrogen and oxygen atoms in total. The maximum Gasteiger partial charge on any atom is 0.185 e. The molecule has 1 aromatic heterocycles. The normalized spacial score (nSPS) is 10.9. The van der Waals surface area contributed by atoms with Crippen molar-refractivity contribution >= 4 is 16.5 Å². The zero-order valence-corrected chi connectivity index (χ0v) is 13.7. The predicted molar refractivity (Wildman–Crippen MR) is 84.7 cm³/mol. The second-order valence-corrected chi connectivity index (χ2v) is 5.36. The SMILES string of the molecule is CCNCc1cnc(N(CCOCC)CCOCC)s1. The zero-order chi connectivity index (χ0) is 14.6. The fourth-order valence-electron chi connectivity index (χ4n) is 1.71. The summed E-state index contributed by atoms with van der Waals surface area (Å²) in [6.45, 7) is 12.7. The molecule has 0 spiro atoms. The molecular weight excluding hydrogens is 274 g/mol. The van der Waals surface area contributed by atoms with Gasteiger partial charge in [0.05, 0.1) is 13.2 Å². The van der Waals surface area contributed by atoms with Crippen LogP contribution < -0.4 is 10.2 Å². The molecule has 0 unspecified atom stereocenters. The molecular formula is C14H27N3O2S. The summed E-state index contributed by atoms with van der Waals surface area (Å²) in [5.74, 6) is 0. The van der Waals surface area contributed by atoms with Crippen molar-refractivity contribution in [3.63, 3.8) is 0 Å². The number of rotatable bonds is 12. The number of aromatic nitrogens is 1. The van der Waals surface area contributed by atoms with Gasteiger partial charge in [0.15, 0.2) is 5.13 Å². The van der Waals surface area contributed by atoms with Crippen LogP contribution in [0.3, 0.4) is 0 Å². The summed E-state index contributed by atoms with van der Waals surface area (Å²) in [4.78, 5) is 8.03. The van der Waals surface area contributed by atoms with Gasteiger partial charge in [0.1, 0.15) is 0 Å². The van der Waals surface area contributed by atoms with Gasteiger partial charge < -0.3 is 19.7 Å². The Balaban J connectivity index is 2.52. The van der Waals surface area contributed by atoms with Gasteiger partial charge in [0.2, 0.25) is 0 Å². The highest BCUT2D eigenvalue weighted by Gasteiger charge is 2.11. The van der Waals surface area contributed by atoms with Gasteiger partial charge in [-0.15, -0.1) is 11.3 Å². The van der Waals surface area contributed by atoms with E-state index in [1.807, 2.05) is 20.0 Å². The number of thiazole rings is 1. The molecule has 1 aromatic rings. The molecule has 0 bridgehead atoms. The minimum absolute atomic E-state index is 0.727. The van der Waals surface area contributed by atoms with Gasteiger partial charge in [0, 0.05) is 43.9 Å². The van der Waals surface area contributed by atoms with Crippen molar-refractivity contribution in [2.45, 2.75) is 27.3 Å². The molecule has 6 heteroatoms. The highest BCUT2D eigenvalue weighted by molar-refractivity contribution is 7.15. The molecule has 0 aliphatic heterocycles. The standard InChI is InChI=1S/C14H27N3O2S/c1-4-15-11-13-12-16-14(20-13)17(7-9-18-5-2)8-10-19-6-3/h12,15H,4-11H2,1-3H3. The molecule has 0 amide bonds. The third-order valence-electron chi connectivity index (χ3n) is 2.78. The lowest BCUT2D eigenvalue weighted by molar-refractivity contribution is 0.141. The van der Waals surface area contributed by atoms with Crippen LogP contribution in [0.25, 0.3) is 0 Å². The first-order valence-electron chi connectivity index (χ1n) is 7.37. The van der Waals surface area contributed by atoms with Gasteiger partial charge in [-0.25, -0.2) is 4.98 Å². The molecule has 0 aliphatic carbocycles. The van der Waals surface area contributed by atoms with Crippen LogP contribution in [0.4, 0.5) is 5.13 Å². The number of nitrogens with zero attached hydrogens (tertiary/aromatic N) is 2. The van der Waals surface area contributed by atoms with Gasteiger partial charge >= 0.3 is 0 Å². The summed E-state index contributed by atoms with van der Waals surface area (Å²) in [6.07, 6.45) is 1.96. The summed E-state index contributed by atoms with van der Waals surface area (Å²) in [5, 5.41) is 4.38. The van der Waals surface area contributed by atoms with Crippen molar-refractivity contribution in [3.8, 4) is 0 Å². The average Bonchev–Trinajstić information content (AvgIpc) is 2.92. The third kappa shape index (κ3) is 6.65.